The van der Waals surface area contributed by atoms with E-state index in [2.05, 4.69) is 6.07 Å². The number of hydrogen-bond donors (Lipinski definition) is 1. The summed E-state index contributed by atoms with van der Waals surface area (Å²) in [6, 6.07) is 15.8. The quantitative estimate of drug-likeness (QED) is 0.705. The van der Waals surface area contributed by atoms with Crippen LogP contribution >= 0.6 is 0 Å². The molecule has 0 bridgehead atoms. The lowest BCUT2D eigenvalue weighted by Crippen LogP contribution is -2.34. The zero-order valence-electron chi connectivity index (χ0n) is 20.5. The summed E-state index contributed by atoms with van der Waals surface area (Å²) in [5.41, 5.74) is 5.46. The number of aliphatic hydroxyl groups excluding tert-OH is 1. The largest absolute Gasteiger partial charge is 0.384 e. The summed E-state index contributed by atoms with van der Waals surface area (Å²) < 4.78 is 0. The van der Waals surface area contributed by atoms with Crippen LogP contribution in [0.2, 0.25) is 0 Å². The van der Waals surface area contributed by atoms with Gasteiger partial charge in [0.25, 0.3) is 0 Å². The van der Waals surface area contributed by atoms with Crippen LogP contribution in [-0.4, -0.2) is 45.6 Å². The van der Waals surface area contributed by atoms with Crippen molar-refractivity contribution in [1.82, 2.24) is 9.80 Å². The number of likely N-dealkylation sites (tertiary alicyclic amines) is 2. The second-order valence-corrected chi connectivity index (χ2v) is 11.6. The molecule has 3 unspecified atom stereocenters. The summed E-state index contributed by atoms with van der Waals surface area (Å²) in [5, 5.41) is 10.7. The van der Waals surface area contributed by atoms with Crippen molar-refractivity contribution in [3.8, 4) is 0 Å². The van der Waals surface area contributed by atoms with Gasteiger partial charge in [0.15, 0.2) is 5.78 Å². The molecule has 4 aliphatic carbocycles. The second-order valence-electron chi connectivity index (χ2n) is 11.6. The molecule has 4 fully saturated rings. The number of hydrogen-bond acceptors (Lipinski definition) is 4. The number of piperidine rings is 2. The van der Waals surface area contributed by atoms with E-state index in [0.717, 1.165) is 46.5 Å². The van der Waals surface area contributed by atoms with Gasteiger partial charge < -0.3 is 14.9 Å². The number of fused-ring (bicyclic) bond motifs is 2. The standard InChI is InChI=1S/C31H28N2O4/c34-24-12-26-30(22-8-3-1-6-20(22)24)14-18(30)16-32(26)28(36)10-5-11-29(37)33-17-19-15-31(19)23-9-4-2-7-21(23)25(35)13-27(31)33/h1-4,6-9,12-13,18-19,24,34H,5,10-11,14-17H2/t18-,19-,24?,30?,31?/m1/s1. The number of rotatable bonds is 4. The monoisotopic (exact) mass is 492 g/mol. The fraction of sp³-hybridized carbons (Fsp3) is 0.387. The molecule has 2 aromatic rings. The fourth-order valence-electron chi connectivity index (χ4n) is 8.05. The van der Waals surface area contributed by atoms with Crippen molar-refractivity contribution in [3.05, 3.63) is 94.3 Å². The van der Waals surface area contributed by atoms with Gasteiger partial charge in [-0.1, -0.05) is 48.5 Å². The van der Waals surface area contributed by atoms with Gasteiger partial charge in [-0.25, -0.2) is 0 Å². The minimum Gasteiger partial charge on any atom is -0.384 e. The van der Waals surface area contributed by atoms with E-state index in [0.29, 0.717) is 37.8 Å². The number of nitrogens with zero attached hydrogens (tertiary/aromatic N) is 2. The normalized spacial score (nSPS) is 33.3. The minimum absolute atomic E-state index is 0.000206. The SMILES string of the molecule is O=C1C=C2N(C(=O)CCCC(=O)N3C[C@H]4CC45C3=CC(O)c3ccccc35)C[C@H]3CC23c2ccccc21. The smallest absolute Gasteiger partial charge is 0.226 e. The van der Waals surface area contributed by atoms with Gasteiger partial charge in [0.05, 0.1) is 6.10 Å². The number of allylic oxidation sites excluding steroid dienone is 3. The molecule has 186 valence electrons. The number of carbonyl (C=O) groups excluding carboxylic acids is 3. The molecule has 6 nitrogen and oxygen atoms in total. The van der Waals surface area contributed by atoms with Crippen LogP contribution in [0.3, 0.4) is 0 Å². The molecule has 2 aliphatic heterocycles. The van der Waals surface area contributed by atoms with E-state index in [-0.39, 0.29) is 34.8 Å². The van der Waals surface area contributed by atoms with Crippen LogP contribution in [0.1, 0.15) is 65.3 Å². The van der Waals surface area contributed by atoms with Gasteiger partial charge in [0.2, 0.25) is 11.8 Å². The van der Waals surface area contributed by atoms with Crippen LogP contribution in [0.5, 0.6) is 0 Å². The third-order valence-corrected chi connectivity index (χ3v) is 9.91. The van der Waals surface area contributed by atoms with E-state index < -0.39 is 6.10 Å². The molecule has 2 saturated heterocycles. The predicted octanol–water partition coefficient (Wildman–Crippen LogP) is 3.77. The highest BCUT2D eigenvalue weighted by atomic mass is 16.3. The lowest BCUT2D eigenvalue weighted by Gasteiger charge is -2.32. The number of benzene rings is 2. The average molecular weight is 493 g/mol. The maximum atomic E-state index is 13.3. The van der Waals surface area contributed by atoms with Gasteiger partial charge in [-0.3, -0.25) is 14.4 Å². The molecule has 37 heavy (non-hydrogen) atoms. The third-order valence-electron chi connectivity index (χ3n) is 9.91. The van der Waals surface area contributed by atoms with Crippen molar-refractivity contribution in [1.29, 1.82) is 0 Å². The van der Waals surface area contributed by atoms with Gasteiger partial charge in [-0.2, -0.15) is 0 Å². The van der Waals surface area contributed by atoms with Gasteiger partial charge in [0, 0.05) is 59.8 Å². The fourth-order valence-corrected chi connectivity index (χ4v) is 8.05. The lowest BCUT2D eigenvalue weighted by molar-refractivity contribution is -0.130. The molecular formula is C31H28N2O4. The maximum Gasteiger partial charge on any atom is 0.226 e. The minimum atomic E-state index is -0.696. The number of carbonyl (C=O) groups is 3. The molecular weight excluding hydrogens is 464 g/mol. The van der Waals surface area contributed by atoms with Crippen LogP contribution in [0, 0.1) is 11.8 Å². The highest BCUT2D eigenvalue weighted by molar-refractivity contribution is 6.09. The molecule has 2 aromatic carbocycles. The molecule has 2 spiro atoms. The van der Waals surface area contributed by atoms with Crippen LogP contribution in [0.4, 0.5) is 0 Å². The summed E-state index contributed by atoms with van der Waals surface area (Å²) in [5.74, 6) is 0.782. The molecule has 2 heterocycles. The molecule has 2 saturated carbocycles. The van der Waals surface area contributed by atoms with Crippen molar-refractivity contribution in [2.24, 2.45) is 11.8 Å². The van der Waals surface area contributed by atoms with E-state index in [9.17, 15) is 19.5 Å². The molecule has 5 atom stereocenters. The van der Waals surface area contributed by atoms with E-state index in [1.807, 2.05) is 58.3 Å². The van der Waals surface area contributed by atoms with E-state index in [1.165, 1.54) is 0 Å². The number of ketones is 1. The van der Waals surface area contributed by atoms with Gasteiger partial charge in [-0.05, 0) is 53.9 Å². The van der Waals surface area contributed by atoms with Crippen molar-refractivity contribution in [2.45, 2.75) is 49.0 Å². The Morgan fingerprint density at radius 2 is 1.43 bits per heavy atom. The Kier molecular flexibility index (Phi) is 4.12. The van der Waals surface area contributed by atoms with Crippen LogP contribution < -0.4 is 0 Å². The Morgan fingerprint density at radius 1 is 0.838 bits per heavy atom. The van der Waals surface area contributed by atoms with Crippen molar-refractivity contribution in [3.63, 3.8) is 0 Å². The van der Waals surface area contributed by atoms with Crippen molar-refractivity contribution >= 4 is 17.6 Å². The van der Waals surface area contributed by atoms with E-state index >= 15 is 0 Å². The summed E-state index contributed by atoms with van der Waals surface area (Å²) in [4.78, 5) is 43.0. The summed E-state index contributed by atoms with van der Waals surface area (Å²) in [6.07, 6.45) is 5.92. The summed E-state index contributed by atoms with van der Waals surface area (Å²) >= 11 is 0. The Labute approximate surface area is 215 Å². The highest BCUT2D eigenvalue weighted by Gasteiger charge is 2.68. The Balaban J connectivity index is 0.950. The number of aliphatic hydroxyl groups is 1. The van der Waals surface area contributed by atoms with Crippen LogP contribution in [0.25, 0.3) is 0 Å². The second kappa shape index (κ2) is 7.07. The topological polar surface area (TPSA) is 77.9 Å². The molecule has 0 aromatic heterocycles. The average Bonchev–Trinajstić information content (AvgIpc) is 3.76. The van der Waals surface area contributed by atoms with Crippen LogP contribution in [0.15, 0.2) is 72.1 Å². The molecule has 6 aliphatic rings. The first-order valence-electron chi connectivity index (χ1n) is 13.4. The third kappa shape index (κ3) is 2.66. The first kappa shape index (κ1) is 21.6. The molecule has 8 rings (SSSR count). The molecule has 0 radical (unpaired) electrons. The van der Waals surface area contributed by atoms with E-state index in [1.54, 1.807) is 6.08 Å². The zero-order valence-corrected chi connectivity index (χ0v) is 20.5. The lowest BCUT2D eigenvalue weighted by atomic mass is 9.81. The highest BCUT2D eigenvalue weighted by Crippen LogP contribution is 2.68. The zero-order chi connectivity index (χ0) is 25.1. The van der Waals surface area contributed by atoms with E-state index in [4.69, 9.17) is 0 Å². The van der Waals surface area contributed by atoms with Gasteiger partial charge in [0.1, 0.15) is 0 Å². The van der Waals surface area contributed by atoms with Gasteiger partial charge >= 0.3 is 0 Å². The molecule has 2 amide bonds. The Bertz CT molecular complexity index is 1490. The van der Waals surface area contributed by atoms with Crippen molar-refractivity contribution < 1.29 is 19.5 Å². The predicted molar refractivity (Wildman–Crippen MR) is 135 cm³/mol. The maximum absolute atomic E-state index is 13.3. The van der Waals surface area contributed by atoms with Gasteiger partial charge in [-0.15, -0.1) is 0 Å². The Morgan fingerprint density at radius 3 is 2.16 bits per heavy atom. The first-order valence-corrected chi connectivity index (χ1v) is 13.4. The molecule has 6 heteroatoms. The van der Waals surface area contributed by atoms with Crippen LogP contribution in [-0.2, 0) is 20.4 Å². The first-order chi connectivity index (χ1) is 17.9. The molecule has 1 N–H and O–H groups in total. The number of amides is 2. The Hall–Kier alpha value is -3.51. The van der Waals surface area contributed by atoms with Crippen molar-refractivity contribution in [2.75, 3.05) is 13.1 Å². The summed E-state index contributed by atoms with van der Waals surface area (Å²) in [6.45, 7) is 1.34. The summed E-state index contributed by atoms with van der Waals surface area (Å²) in [7, 11) is 0.